The molecule has 0 radical (unpaired) electrons. The van der Waals surface area contributed by atoms with Gasteiger partial charge in [-0.2, -0.15) is 52.7 Å². The normalized spacial score (nSPS) is 12.6. The molecule has 80 heavy (non-hydrogen) atoms. The van der Waals surface area contributed by atoms with Gasteiger partial charge in [0.2, 0.25) is 0 Å². The van der Waals surface area contributed by atoms with Gasteiger partial charge in [-0.25, -0.2) is 0 Å². The average Bonchev–Trinajstić information content (AvgIpc) is 3.37. The fraction of sp³-hybridized carbons (Fsp3) is 0.517. The lowest BCUT2D eigenvalue weighted by atomic mass is 9.70. The summed E-state index contributed by atoms with van der Waals surface area (Å²) >= 11 is 0. The van der Waals surface area contributed by atoms with Gasteiger partial charge in [-0.15, -0.1) is 0 Å². The van der Waals surface area contributed by atoms with E-state index in [1.54, 1.807) is 58.0 Å². The lowest BCUT2D eigenvalue weighted by molar-refractivity contribution is -0.368. The van der Waals surface area contributed by atoms with Crippen LogP contribution in [0.15, 0.2) is 72.8 Å². The van der Waals surface area contributed by atoms with Crippen LogP contribution < -0.4 is 4.74 Å². The predicted molar refractivity (Wildman–Crippen MR) is 279 cm³/mol. The second-order valence-electron chi connectivity index (χ2n) is 19.0. The highest BCUT2D eigenvalue weighted by Gasteiger charge is 2.73. The number of ether oxygens (including phenoxy) is 6. The van der Waals surface area contributed by atoms with Gasteiger partial charge in [-0.3, -0.25) is 4.79 Å². The van der Waals surface area contributed by atoms with Gasteiger partial charge in [0.05, 0.1) is 13.2 Å². The van der Waals surface area contributed by atoms with Crippen molar-refractivity contribution in [2.45, 2.75) is 160 Å². The van der Waals surface area contributed by atoms with Crippen LogP contribution in [0.2, 0.25) is 0 Å². The van der Waals surface area contributed by atoms with Crippen molar-refractivity contribution in [2.75, 3.05) is 41.0 Å². The maximum atomic E-state index is 13.7. The minimum atomic E-state index is -5.86. The van der Waals surface area contributed by atoms with Gasteiger partial charge >= 0.3 is 41.9 Å². The molecule has 8 nitrogen and oxygen atoms in total. The molecule has 0 spiro atoms. The van der Waals surface area contributed by atoms with Crippen molar-refractivity contribution >= 4 is 5.97 Å². The van der Waals surface area contributed by atoms with Crippen molar-refractivity contribution in [3.05, 3.63) is 128 Å². The van der Waals surface area contributed by atoms with Crippen LogP contribution in [0.4, 0.5) is 52.7 Å². The monoisotopic (exact) mass is 1150 g/mol. The highest BCUT2D eigenvalue weighted by molar-refractivity contribution is 5.69. The van der Waals surface area contributed by atoms with Crippen molar-refractivity contribution in [2.24, 2.45) is 0 Å². The number of carbonyl (C=O) groups excluding carboxylic acids is 1. The Morgan fingerprint density at radius 1 is 0.500 bits per heavy atom. The summed E-state index contributed by atoms with van der Waals surface area (Å²) in [6, 6.07) is 20.9. The number of carbonyl (C=O) groups is 1. The summed E-state index contributed by atoms with van der Waals surface area (Å²) in [5, 5.41) is 9.91. The summed E-state index contributed by atoms with van der Waals surface area (Å²) in [6.07, 6.45) is -18.0. The first-order valence-corrected chi connectivity index (χ1v) is 25.8. The summed E-state index contributed by atoms with van der Waals surface area (Å²) < 4.78 is 191. The quantitative estimate of drug-likeness (QED) is 0.0274. The Morgan fingerprint density at radius 2 is 0.875 bits per heavy atom. The average molecular weight is 1150 g/mol. The molecule has 0 amide bonds. The third-order valence-corrected chi connectivity index (χ3v) is 14.2. The molecule has 0 saturated heterocycles. The number of alkyl halides is 12. The minimum absolute atomic E-state index is 0.00985. The molecule has 0 aromatic heterocycles. The summed E-state index contributed by atoms with van der Waals surface area (Å²) in [6.45, 7) is 15.1. The fourth-order valence-electron chi connectivity index (χ4n) is 9.30. The van der Waals surface area contributed by atoms with Crippen molar-refractivity contribution in [1.29, 1.82) is 0 Å². The molecule has 20 heteroatoms. The molecule has 0 aliphatic carbocycles. The molecule has 0 unspecified atom stereocenters. The summed E-state index contributed by atoms with van der Waals surface area (Å²) in [7, 11) is 1.83. The number of hydrogen-bond acceptors (Lipinski definition) is 8. The van der Waals surface area contributed by atoms with Crippen molar-refractivity contribution in [1.82, 2.24) is 0 Å². The molecule has 0 atom stereocenters. The Balaban J connectivity index is 0.000000433. The first-order valence-electron chi connectivity index (χ1n) is 25.8. The Morgan fingerprint density at radius 3 is 1.21 bits per heavy atom. The highest BCUT2D eigenvalue weighted by atomic mass is 19.4. The van der Waals surface area contributed by atoms with Gasteiger partial charge in [0.15, 0.2) is 0 Å². The molecule has 1 N–H and O–H groups in total. The molecule has 0 bridgehead atoms. The SMILES string of the molecule is CCC(CC)(c1ccc(O)c(C)c1)c1ccc(C#CC(OCOC)(C(F)(F)F)C(F)(F)F)c(C)c1.CCOC(=O)CCCCCOc1ccc(C(CC)(CC)c2ccc(C#CC(OCOC)(C(F)(F)F)C(F)(F)F)c(C)c2)cc1C. The van der Waals surface area contributed by atoms with Crippen molar-refractivity contribution in [3.63, 3.8) is 0 Å². The number of halogens is 12. The Bertz CT molecular complexity index is 2760. The number of unbranched alkanes of at least 4 members (excludes halogenated alkanes) is 2. The zero-order valence-corrected chi connectivity index (χ0v) is 46.8. The molecule has 442 valence electrons. The van der Waals surface area contributed by atoms with Crippen molar-refractivity contribution < 1.29 is 91.0 Å². The van der Waals surface area contributed by atoms with Gasteiger partial charge in [-0.05, 0) is 160 Å². The number of benzene rings is 4. The van der Waals surface area contributed by atoms with Crippen LogP contribution in [-0.2, 0) is 39.3 Å². The smallest absolute Gasteiger partial charge is 0.438 e. The van der Waals surface area contributed by atoms with E-state index in [1.165, 1.54) is 24.0 Å². The van der Waals surface area contributed by atoms with Crippen LogP contribution in [0.25, 0.3) is 0 Å². The van der Waals surface area contributed by atoms with Gasteiger partial charge < -0.3 is 33.5 Å². The highest BCUT2D eigenvalue weighted by Crippen LogP contribution is 2.48. The van der Waals surface area contributed by atoms with Gasteiger partial charge in [-0.1, -0.05) is 88.1 Å². The summed E-state index contributed by atoms with van der Waals surface area (Å²) in [5.74, 6) is 7.46. The Labute approximate surface area is 460 Å². The zero-order valence-electron chi connectivity index (χ0n) is 46.8. The lowest BCUT2D eigenvalue weighted by Gasteiger charge is -2.34. The number of rotatable bonds is 22. The first kappa shape index (κ1) is 68.3. The van der Waals surface area contributed by atoms with Crippen LogP contribution in [0.1, 0.15) is 142 Å². The molecule has 0 fully saturated rings. The molecule has 0 aliphatic rings. The zero-order chi connectivity index (χ0) is 60.5. The molecule has 0 saturated carbocycles. The van der Waals surface area contributed by atoms with E-state index in [-0.39, 0.29) is 22.8 Å². The van der Waals surface area contributed by atoms with Crippen LogP contribution in [0.3, 0.4) is 0 Å². The second-order valence-corrected chi connectivity index (χ2v) is 19.0. The third-order valence-electron chi connectivity index (χ3n) is 14.2. The Hall–Kier alpha value is -5.93. The molecule has 4 aromatic carbocycles. The third kappa shape index (κ3) is 15.7. The molecule has 0 heterocycles. The number of aromatic hydroxyl groups is 1. The largest absolute Gasteiger partial charge is 0.508 e. The van der Waals surface area contributed by atoms with E-state index in [0.29, 0.717) is 62.0 Å². The van der Waals surface area contributed by atoms with E-state index in [9.17, 15) is 62.6 Å². The predicted octanol–water partition coefficient (Wildman–Crippen LogP) is 15.7. The van der Waals surface area contributed by atoms with E-state index < -0.39 is 60.3 Å². The van der Waals surface area contributed by atoms with Crippen LogP contribution in [0, 0.1) is 51.4 Å². The number of phenols is 1. The van der Waals surface area contributed by atoms with Crippen molar-refractivity contribution in [3.8, 4) is 35.2 Å². The van der Waals surface area contributed by atoms with Crippen LogP contribution >= 0.6 is 0 Å². The van der Waals surface area contributed by atoms with E-state index >= 15 is 0 Å². The molecular formula is C60H70F12O8. The molecule has 4 aromatic rings. The van der Waals surface area contributed by atoms with E-state index in [4.69, 9.17) is 9.47 Å². The number of esters is 1. The first-order chi connectivity index (χ1) is 37.3. The van der Waals surface area contributed by atoms with Gasteiger partial charge in [0.25, 0.3) is 0 Å². The maximum Gasteiger partial charge on any atom is 0.438 e. The number of methoxy groups -OCH3 is 2. The number of phenolic OH excluding ortho intramolecular Hbond substituents is 1. The maximum absolute atomic E-state index is 13.7. The van der Waals surface area contributed by atoms with Crippen LogP contribution in [0.5, 0.6) is 11.5 Å². The van der Waals surface area contributed by atoms with Gasteiger partial charge in [0, 0.05) is 42.6 Å². The van der Waals surface area contributed by atoms with E-state index in [1.807, 2.05) is 70.9 Å². The number of hydrogen-bond donors (Lipinski definition) is 1. The van der Waals surface area contributed by atoms with Gasteiger partial charge in [0.1, 0.15) is 25.1 Å². The Kier molecular flexibility index (Phi) is 24.5. The fourth-order valence-corrected chi connectivity index (χ4v) is 9.30. The standard InChI is InChI=1S/C34H42F6O5.C26H28F6O3/c1-7-31(8-2,28-16-17-29(25(5)22-28)44-20-12-10-11-13-30(41)43-9-3)27-15-14-26(24(4)21-27)18-19-32(33(35,36)37,34(38,39)40)45-23-42-6;1-6-23(7-2,21-10-11-22(33)18(4)15-21)20-9-8-19(17(3)14-20)12-13-24(25(27,28)29,26(30,31)32)35-16-34-5/h14-17,21-22H,7-13,20,23H2,1-6H3;8-11,14-15,33H,6-7,16H2,1-5H3. The van der Waals surface area contributed by atoms with Crippen LogP contribution in [-0.4, -0.2) is 88.0 Å². The molecular weight excluding hydrogens is 1080 g/mol. The summed E-state index contributed by atoms with van der Waals surface area (Å²) in [5.41, 5.74) is -4.21. The topological polar surface area (TPSA) is 92.7 Å². The number of aryl methyl sites for hydroxylation is 4. The van der Waals surface area contributed by atoms with E-state index in [2.05, 4.69) is 24.9 Å². The lowest BCUT2D eigenvalue weighted by Crippen LogP contribution is -2.58. The second kappa shape index (κ2) is 28.7. The molecule has 0 aliphatic heterocycles. The summed E-state index contributed by atoms with van der Waals surface area (Å²) in [4.78, 5) is 11.5. The molecule has 4 rings (SSSR count). The van der Waals surface area contributed by atoms with E-state index in [0.717, 1.165) is 67.0 Å². The minimum Gasteiger partial charge on any atom is -0.508 e.